The molecule has 1 aromatic carbocycles. The Bertz CT molecular complexity index is 584. The highest BCUT2D eigenvalue weighted by atomic mass is 32.2. The van der Waals surface area contributed by atoms with Crippen molar-refractivity contribution < 1.29 is 17.9 Å². The van der Waals surface area contributed by atoms with E-state index in [0.29, 0.717) is 11.3 Å². The quantitative estimate of drug-likeness (QED) is 0.784. The molecule has 0 saturated heterocycles. The third-order valence-corrected chi connectivity index (χ3v) is 4.87. The van der Waals surface area contributed by atoms with E-state index in [9.17, 15) is 13.2 Å². The number of hydrogen-bond donors (Lipinski definition) is 1. The molecule has 0 aliphatic heterocycles. The lowest BCUT2D eigenvalue weighted by atomic mass is 10.2. The van der Waals surface area contributed by atoms with Crippen molar-refractivity contribution >= 4 is 15.9 Å². The summed E-state index contributed by atoms with van der Waals surface area (Å²) in [6, 6.07) is 6.65. The Morgan fingerprint density at radius 2 is 1.91 bits per heavy atom. The summed E-state index contributed by atoms with van der Waals surface area (Å²) in [6.07, 6.45) is 1.91. The first kappa shape index (κ1) is 18.4. The van der Waals surface area contributed by atoms with Crippen LogP contribution in [0.2, 0.25) is 0 Å². The van der Waals surface area contributed by atoms with Crippen molar-refractivity contribution in [2.45, 2.75) is 26.3 Å². The van der Waals surface area contributed by atoms with Gasteiger partial charge in [0.05, 0.1) is 13.4 Å². The summed E-state index contributed by atoms with van der Waals surface area (Å²) in [5.74, 6) is 0.442. The summed E-state index contributed by atoms with van der Waals surface area (Å²) in [5.41, 5.74) is 0.509. The number of carbonyl (C=O) groups excluding carboxylic acids is 1. The normalized spacial score (nSPS) is 13.0. The molecule has 0 radical (unpaired) electrons. The second-order valence-electron chi connectivity index (χ2n) is 5.12. The molecule has 0 aliphatic rings. The maximum atomic E-state index is 12.0. The Labute approximate surface area is 132 Å². The van der Waals surface area contributed by atoms with Crippen LogP contribution in [-0.4, -0.2) is 51.1 Å². The Balaban J connectivity index is 2.59. The van der Waals surface area contributed by atoms with Gasteiger partial charge in [-0.25, -0.2) is 8.42 Å². The predicted octanol–water partition coefficient (Wildman–Crippen LogP) is 1.49. The minimum Gasteiger partial charge on any atom is -0.497 e. The summed E-state index contributed by atoms with van der Waals surface area (Å²) >= 11 is 0. The summed E-state index contributed by atoms with van der Waals surface area (Å²) in [7, 11) is -1.72. The van der Waals surface area contributed by atoms with Crippen LogP contribution in [0.25, 0.3) is 0 Å². The van der Waals surface area contributed by atoms with Crippen LogP contribution in [0, 0.1) is 0 Å². The number of nitrogens with one attached hydrogen (secondary N) is 1. The lowest BCUT2D eigenvalue weighted by Gasteiger charge is -2.25. The first-order chi connectivity index (χ1) is 10.3. The average molecular weight is 328 g/mol. The van der Waals surface area contributed by atoms with Crippen LogP contribution in [0.1, 0.15) is 30.6 Å². The molecule has 7 heteroatoms. The number of methoxy groups -OCH3 is 1. The van der Waals surface area contributed by atoms with Gasteiger partial charge < -0.3 is 10.1 Å². The van der Waals surface area contributed by atoms with Gasteiger partial charge in [-0.2, -0.15) is 4.31 Å². The van der Waals surface area contributed by atoms with Crippen molar-refractivity contribution in [2.75, 3.05) is 26.5 Å². The molecule has 1 unspecified atom stereocenters. The Morgan fingerprint density at radius 1 is 1.32 bits per heavy atom. The van der Waals surface area contributed by atoms with E-state index in [1.165, 1.54) is 10.6 Å². The fourth-order valence-corrected chi connectivity index (χ4v) is 3.27. The van der Waals surface area contributed by atoms with Crippen LogP contribution < -0.4 is 10.1 Å². The SMILES string of the molecule is CCC(C)N(CCNC(=O)c1ccc(OC)cc1)S(C)(=O)=O. The molecule has 0 spiro atoms. The highest BCUT2D eigenvalue weighted by molar-refractivity contribution is 7.88. The minimum atomic E-state index is -3.28. The monoisotopic (exact) mass is 328 g/mol. The van der Waals surface area contributed by atoms with Gasteiger partial charge in [0, 0.05) is 24.7 Å². The number of rotatable bonds is 8. The van der Waals surface area contributed by atoms with Crippen LogP contribution in [0.4, 0.5) is 0 Å². The van der Waals surface area contributed by atoms with Crippen molar-refractivity contribution in [3.8, 4) is 5.75 Å². The standard InChI is InChI=1S/C15H24N2O4S/c1-5-12(2)17(22(4,19)20)11-10-16-15(18)13-6-8-14(21-3)9-7-13/h6-9,12H,5,10-11H2,1-4H3,(H,16,18). The molecule has 0 fully saturated rings. The number of hydrogen-bond acceptors (Lipinski definition) is 4. The average Bonchev–Trinajstić information content (AvgIpc) is 2.49. The van der Waals surface area contributed by atoms with Crippen molar-refractivity contribution in [1.29, 1.82) is 0 Å². The second-order valence-corrected chi connectivity index (χ2v) is 7.05. The van der Waals surface area contributed by atoms with E-state index in [2.05, 4.69) is 5.32 Å². The van der Waals surface area contributed by atoms with E-state index in [1.54, 1.807) is 31.4 Å². The number of sulfonamides is 1. The third-order valence-electron chi connectivity index (χ3n) is 3.48. The first-order valence-corrected chi connectivity index (χ1v) is 9.03. The third kappa shape index (κ3) is 5.31. The highest BCUT2D eigenvalue weighted by Crippen LogP contribution is 2.11. The molecule has 124 valence electrons. The van der Waals surface area contributed by atoms with Gasteiger partial charge in [0.25, 0.3) is 5.91 Å². The maximum absolute atomic E-state index is 12.0. The van der Waals surface area contributed by atoms with Gasteiger partial charge in [-0.1, -0.05) is 6.92 Å². The zero-order valence-electron chi connectivity index (χ0n) is 13.5. The van der Waals surface area contributed by atoms with Crippen LogP contribution in [0.3, 0.4) is 0 Å². The van der Waals surface area contributed by atoms with Gasteiger partial charge in [0.1, 0.15) is 5.75 Å². The Hall–Kier alpha value is -1.60. The van der Waals surface area contributed by atoms with Crippen molar-refractivity contribution in [1.82, 2.24) is 9.62 Å². The maximum Gasteiger partial charge on any atom is 0.251 e. The topological polar surface area (TPSA) is 75.7 Å². The van der Waals surface area contributed by atoms with Gasteiger partial charge in [-0.3, -0.25) is 4.79 Å². The zero-order valence-corrected chi connectivity index (χ0v) is 14.3. The molecular formula is C15H24N2O4S. The summed E-state index contributed by atoms with van der Waals surface area (Å²) in [5, 5.41) is 2.73. The first-order valence-electron chi connectivity index (χ1n) is 7.18. The van der Waals surface area contributed by atoms with E-state index in [0.717, 1.165) is 6.42 Å². The van der Waals surface area contributed by atoms with E-state index in [-0.39, 0.29) is 25.0 Å². The van der Waals surface area contributed by atoms with E-state index < -0.39 is 10.0 Å². The summed E-state index contributed by atoms with van der Waals surface area (Å²) in [6.45, 7) is 4.31. The number of carbonyl (C=O) groups is 1. The zero-order chi connectivity index (χ0) is 16.8. The molecular weight excluding hydrogens is 304 g/mol. The molecule has 1 aromatic rings. The summed E-state index contributed by atoms with van der Waals surface area (Å²) < 4.78 is 29.9. The fourth-order valence-electron chi connectivity index (χ4n) is 2.04. The van der Waals surface area contributed by atoms with Crippen LogP contribution in [-0.2, 0) is 10.0 Å². The van der Waals surface area contributed by atoms with Crippen molar-refractivity contribution in [2.24, 2.45) is 0 Å². The summed E-state index contributed by atoms with van der Waals surface area (Å²) in [4.78, 5) is 12.0. The largest absolute Gasteiger partial charge is 0.497 e. The van der Waals surface area contributed by atoms with Crippen LogP contribution in [0.15, 0.2) is 24.3 Å². The molecule has 6 nitrogen and oxygen atoms in total. The smallest absolute Gasteiger partial charge is 0.251 e. The van der Waals surface area contributed by atoms with Gasteiger partial charge in [-0.05, 0) is 37.6 Å². The van der Waals surface area contributed by atoms with Gasteiger partial charge in [-0.15, -0.1) is 0 Å². The number of amides is 1. The molecule has 0 aromatic heterocycles. The molecule has 1 amide bonds. The number of ether oxygens (including phenoxy) is 1. The number of nitrogens with zero attached hydrogens (tertiary/aromatic N) is 1. The predicted molar refractivity (Wildman–Crippen MR) is 86.6 cm³/mol. The number of benzene rings is 1. The molecule has 0 heterocycles. The highest BCUT2D eigenvalue weighted by Gasteiger charge is 2.21. The van der Waals surface area contributed by atoms with E-state index >= 15 is 0 Å². The van der Waals surface area contributed by atoms with Crippen LogP contribution >= 0.6 is 0 Å². The minimum absolute atomic E-state index is 0.0899. The molecule has 22 heavy (non-hydrogen) atoms. The molecule has 1 rings (SSSR count). The molecule has 0 aliphatic carbocycles. The molecule has 1 N–H and O–H groups in total. The Kier molecular flexibility index (Phi) is 6.83. The van der Waals surface area contributed by atoms with Crippen molar-refractivity contribution in [3.05, 3.63) is 29.8 Å². The van der Waals surface area contributed by atoms with Gasteiger partial charge in [0.15, 0.2) is 0 Å². The van der Waals surface area contributed by atoms with Gasteiger partial charge >= 0.3 is 0 Å². The fraction of sp³-hybridized carbons (Fsp3) is 0.533. The van der Waals surface area contributed by atoms with Crippen molar-refractivity contribution in [3.63, 3.8) is 0 Å². The second kappa shape index (κ2) is 8.14. The lowest BCUT2D eigenvalue weighted by molar-refractivity contribution is 0.0950. The molecule has 1 atom stereocenters. The van der Waals surface area contributed by atoms with Crippen LogP contribution in [0.5, 0.6) is 5.75 Å². The Morgan fingerprint density at radius 3 is 2.36 bits per heavy atom. The molecule has 0 bridgehead atoms. The molecule has 0 saturated carbocycles. The lowest BCUT2D eigenvalue weighted by Crippen LogP contribution is -2.42. The van der Waals surface area contributed by atoms with Gasteiger partial charge in [0.2, 0.25) is 10.0 Å². The van der Waals surface area contributed by atoms with E-state index in [1.807, 2.05) is 13.8 Å². The van der Waals surface area contributed by atoms with E-state index in [4.69, 9.17) is 4.74 Å².